The Hall–Kier alpha value is -1.12. The van der Waals surface area contributed by atoms with E-state index in [0.29, 0.717) is 22.3 Å². The normalized spacial score (nSPS) is 12.2. The number of nitrogens with one attached hydrogen (secondary N) is 1. The van der Waals surface area contributed by atoms with Crippen LogP contribution < -0.4 is 11.2 Å². The van der Waals surface area contributed by atoms with Gasteiger partial charge < -0.3 is 4.98 Å². The van der Waals surface area contributed by atoms with Crippen molar-refractivity contribution in [2.24, 2.45) is 0 Å². The first-order chi connectivity index (χ1) is 9.31. The van der Waals surface area contributed by atoms with Gasteiger partial charge in [0.25, 0.3) is 5.56 Å². The molecule has 0 spiro atoms. The molecule has 20 heavy (non-hydrogen) atoms. The van der Waals surface area contributed by atoms with E-state index in [1.54, 1.807) is 4.57 Å². The molecule has 0 aliphatic heterocycles. The quantitative estimate of drug-likeness (QED) is 0.644. The first kappa shape index (κ1) is 15.3. The van der Waals surface area contributed by atoms with Crippen LogP contribution in [0.5, 0.6) is 0 Å². The molecule has 0 bridgehead atoms. The maximum atomic E-state index is 12.4. The van der Waals surface area contributed by atoms with Crippen LogP contribution in [0.15, 0.2) is 9.59 Å². The number of alkyl halides is 1. The van der Waals surface area contributed by atoms with Crippen molar-refractivity contribution in [3.8, 4) is 0 Å². The molecular formula is C13H19IN4O2. The maximum absolute atomic E-state index is 12.4. The Kier molecular flexibility index (Phi) is 4.08. The zero-order chi connectivity index (χ0) is 15.1. The molecule has 0 saturated heterocycles. The van der Waals surface area contributed by atoms with Crippen molar-refractivity contribution in [2.75, 3.05) is 0 Å². The number of hydrogen-bond donors (Lipinski definition) is 1. The van der Waals surface area contributed by atoms with E-state index in [1.807, 2.05) is 27.7 Å². The number of aromatic nitrogens is 4. The Morgan fingerprint density at radius 1 is 1.25 bits per heavy atom. The molecule has 0 aliphatic rings. The molecule has 0 atom stereocenters. The number of hydrogen-bond acceptors (Lipinski definition) is 3. The van der Waals surface area contributed by atoms with Crippen LogP contribution in [0.2, 0.25) is 0 Å². The number of imidazole rings is 1. The van der Waals surface area contributed by atoms with Gasteiger partial charge in [-0.25, -0.2) is 9.78 Å². The van der Waals surface area contributed by atoms with Crippen LogP contribution in [-0.2, 0) is 16.5 Å². The zero-order valence-corrected chi connectivity index (χ0v) is 14.3. The van der Waals surface area contributed by atoms with Crippen molar-refractivity contribution in [3.63, 3.8) is 0 Å². The van der Waals surface area contributed by atoms with E-state index in [2.05, 4.69) is 32.6 Å². The lowest BCUT2D eigenvalue weighted by molar-refractivity contribution is 0.554. The van der Waals surface area contributed by atoms with Gasteiger partial charge in [0.2, 0.25) is 0 Å². The number of fused-ring (bicyclic) bond motifs is 1. The van der Waals surface area contributed by atoms with Gasteiger partial charge in [-0.2, -0.15) is 0 Å². The Morgan fingerprint density at radius 3 is 2.40 bits per heavy atom. The van der Waals surface area contributed by atoms with E-state index in [1.165, 1.54) is 4.57 Å². The van der Waals surface area contributed by atoms with Gasteiger partial charge in [-0.15, -0.1) is 0 Å². The molecule has 0 saturated carbocycles. The van der Waals surface area contributed by atoms with Crippen molar-refractivity contribution in [2.45, 2.75) is 50.6 Å². The summed E-state index contributed by atoms with van der Waals surface area (Å²) in [5.41, 5.74) is 0.0979. The van der Waals surface area contributed by atoms with Gasteiger partial charge in [0.1, 0.15) is 11.3 Å². The summed E-state index contributed by atoms with van der Waals surface area (Å²) in [6, 6.07) is 0. The SMILES string of the molecule is CCCn1c(=O)c2[nH]c(C(C)(C)C)nc2n(CI)c1=O. The molecule has 7 heteroatoms. The Bertz CT molecular complexity index is 749. The summed E-state index contributed by atoms with van der Waals surface area (Å²) in [6.07, 6.45) is 0.738. The molecule has 2 heterocycles. The number of nitrogens with zero attached hydrogens (tertiary/aromatic N) is 3. The lowest BCUT2D eigenvalue weighted by Gasteiger charge is -2.13. The third-order valence-corrected chi connectivity index (χ3v) is 3.82. The number of aromatic amines is 1. The van der Waals surface area contributed by atoms with Gasteiger partial charge in [-0.3, -0.25) is 13.9 Å². The minimum atomic E-state index is -0.286. The predicted molar refractivity (Wildman–Crippen MR) is 87.6 cm³/mol. The first-order valence-electron chi connectivity index (χ1n) is 6.61. The fourth-order valence-corrected chi connectivity index (χ4v) is 2.67. The molecule has 2 aromatic rings. The summed E-state index contributed by atoms with van der Waals surface area (Å²) in [7, 11) is 0. The van der Waals surface area contributed by atoms with Gasteiger partial charge in [0.15, 0.2) is 5.65 Å². The molecule has 2 aromatic heterocycles. The second kappa shape index (κ2) is 5.34. The molecular weight excluding hydrogens is 371 g/mol. The molecule has 0 radical (unpaired) electrons. The molecule has 0 amide bonds. The average Bonchev–Trinajstić information content (AvgIpc) is 2.80. The highest BCUT2D eigenvalue weighted by atomic mass is 127. The summed E-state index contributed by atoms with van der Waals surface area (Å²) >= 11 is 2.11. The van der Waals surface area contributed by atoms with Crippen LogP contribution >= 0.6 is 22.6 Å². The van der Waals surface area contributed by atoms with Crippen molar-refractivity contribution in [1.82, 2.24) is 19.1 Å². The minimum Gasteiger partial charge on any atom is -0.336 e. The van der Waals surface area contributed by atoms with Crippen LogP contribution in [-0.4, -0.2) is 19.1 Å². The van der Waals surface area contributed by atoms with Gasteiger partial charge in [-0.1, -0.05) is 50.3 Å². The summed E-state index contributed by atoms with van der Waals surface area (Å²) in [5, 5.41) is 0. The monoisotopic (exact) mass is 390 g/mol. The highest BCUT2D eigenvalue weighted by molar-refractivity contribution is 14.1. The zero-order valence-electron chi connectivity index (χ0n) is 12.2. The minimum absolute atomic E-state index is 0.201. The molecule has 110 valence electrons. The first-order valence-corrected chi connectivity index (χ1v) is 8.13. The standard InChI is InChI=1S/C13H19IN4O2/c1-5-6-17-10(19)8-9(18(7-14)12(17)20)16-11(15-8)13(2,3)4/h5-7H2,1-4H3,(H,15,16). The van der Waals surface area contributed by atoms with Crippen LogP contribution in [0.25, 0.3) is 11.2 Å². The predicted octanol–water partition coefficient (Wildman–Crippen LogP) is 1.99. The summed E-state index contributed by atoms with van der Waals surface area (Å²) in [6.45, 7) is 8.41. The summed E-state index contributed by atoms with van der Waals surface area (Å²) < 4.78 is 3.29. The Balaban J connectivity index is 2.89. The molecule has 0 aromatic carbocycles. The summed E-state index contributed by atoms with van der Waals surface area (Å²) in [4.78, 5) is 32.3. The second-order valence-electron chi connectivity index (χ2n) is 5.82. The van der Waals surface area contributed by atoms with Crippen molar-refractivity contribution >= 4 is 33.8 Å². The molecule has 0 aliphatic carbocycles. The van der Waals surface area contributed by atoms with Crippen LogP contribution in [0, 0.1) is 0 Å². The van der Waals surface area contributed by atoms with Gasteiger partial charge in [0, 0.05) is 12.0 Å². The van der Waals surface area contributed by atoms with E-state index < -0.39 is 0 Å². The fraction of sp³-hybridized carbons (Fsp3) is 0.615. The number of H-pyrrole nitrogens is 1. The lowest BCUT2D eigenvalue weighted by atomic mass is 9.96. The maximum Gasteiger partial charge on any atom is 0.333 e. The van der Waals surface area contributed by atoms with E-state index in [4.69, 9.17) is 0 Å². The third-order valence-electron chi connectivity index (χ3n) is 3.14. The Morgan fingerprint density at radius 2 is 1.90 bits per heavy atom. The van der Waals surface area contributed by atoms with Gasteiger partial charge >= 0.3 is 5.69 Å². The average molecular weight is 390 g/mol. The highest BCUT2D eigenvalue weighted by Gasteiger charge is 2.22. The van der Waals surface area contributed by atoms with Crippen LogP contribution in [0.4, 0.5) is 0 Å². The van der Waals surface area contributed by atoms with E-state index in [9.17, 15) is 9.59 Å². The molecule has 1 N–H and O–H groups in total. The lowest BCUT2D eigenvalue weighted by Crippen LogP contribution is -2.39. The largest absolute Gasteiger partial charge is 0.336 e. The molecule has 0 fully saturated rings. The summed E-state index contributed by atoms with van der Waals surface area (Å²) in [5.74, 6) is 0.719. The van der Waals surface area contributed by atoms with Crippen LogP contribution in [0.3, 0.4) is 0 Å². The van der Waals surface area contributed by atoms with Crippen molar-refractivity contribution in [3.05, 3.63) is 26.7 Å². The molecule has 6 nitrogen and oxygen atoms in total. The van der Waals surface area contributed by atoms with E-state index in [0.717, 1.165) is 12.2 Å². The number of halogens is 1. The number of rotatable bonds is 3. The smallest absolute Gasteiger partial charge is 0.333 e. The van der Waals surface area contributed by atoms with E-state index >= 15 is 0 Å². The van der Waals surface area contributed by atoms with Crippen molar-refractivity contribution < 1.29 is 0 Å². The molecule has 2 rings (SSSR count). The van der Waals surface area contributed by atoms with Gasteiger partial charge in [0.05, 0.1) is 4.55 Å². The Labute approximate surface area is 130 Å². The fourth-order valence-electron chi connectivity index (χ4n) is 2.05. The van der Waals surface area contributed by atoms with E-state index in [-0.39, 0.29) is 16.7 Å². The third kappa shape index (κ3) is 2.43. The highest BCUT2D eigenvalue weighted by Crippen LogP contribution is 2.20. The van der Waals surface area contributed by atoms with Crippen LogP contribution in [0.1, 0.15) is 39.9 Å². The van der Waals surface area contributed by atoms with Gasteiger partial charge in [-0.05, 0) is 6.42 Å². The second-order valence-corrected chi connectivity index (χ2v) is 6.50. The topological polar surface area (TPSA) is 72.7 Å². The molecule has 0 unspecified atom stereocenters. The van der Waals surface area contributed by atoms with Crippen molar-refractivity contribution in [1.29, 1.82) is 0 Å².